The predicted octanol–water partition coefficient (Wildman–Crippen LogP) is 3.97. The molecule has 0 aromatic carbocycles. The first kappa shape index (κ1) is 33.3. The van der Waals surface area contributed by atoms with Gasteiger partial charge < -0.3 is 18.9 Å². The number of carbonyl (C=O) groups is 2. The van der Waals surface area contributed by atoms with Crippen molar-refractivity contribution in [3.8, 4) is 0 Å². The van der Waals surface area contributed by atoms with Gasteiger partial charge in [0.15, 0.2) is 5.66 Å². The van der Waals surface area contributed by atoms with Crippen LogP contribution in [0.15, 0.2) is 12.2 Å². The molecule has 1 N–H and O–H groups in total. The Labute approximate surface area is 224 Å². The van der Waals surface area contributed by atoms with Crippen LogP contribution in [0.5, 0.6) is 0 Å². The van der Waals surface area contributed by atoms with E-state index < -0.39 is 11.3 Å². The number of methoxy groups -OCH3 is 2. The number of hydrogen-bond donors (Lipinski definition) is 1. The molecule has 0 saturated carbocycles. The zero-order valence-corrected chi connectivity index (χ0v) is 24.7. The molecule has 1 aliphatic heterocycles. The van der Waals surface area contributed by atoms with Gasteiger partial charge in [0.05, 0.1) is 26.0 Å². The van der Waals surface area contributed by atoms with Gasteiger partial charge in [-0.1, -0.05) is 52.7 Å². The van der Waals surface area contributed by atoms with E-state index >= 15 is 0 Å². The van der Waals surface area contributed by atoms with Crippen molar-refractivity contribution < 1.29 is 28.5 Å². The van der Waals surface area contributed by atoms with Gasteiger partial charge in [0.1, 0.15) is 19.1 Å². The molecule has 0 spiro atoms. The second-order valence-corrected chi connectivity index (χ2v) is 10.2. The number of ether oxygens (including phenoxy) is 4. The van der Waals surface area contributed by atoms with Gasteiger partial charge in [-0.15, -0.1) is 0 Å². The molecule has 0 aliphatic carbocycles. The average Bonchev–Trinajstić information content (AvgIpc) is 3.00. The highest BCUT2D eigenvalue weighted by atomic mass is 16.5. The standard InChI is InChI=1S/C27H52N4O6/c1-10-14-26(28-19-34-8)27(15-11-2,30(20-35-9)24(7)32)29(18-22(3)4)25(33)31(26)21-36-16-12-13-17-37-23(5)6/h12-13,22-23,28H,10-11,14-21H2,1-9H3. The highest BCUT2D eigenvalue weighted by Gasteiger charge is 2.69. The maximum atomic E-state index is 14.2. The maximum absolute atomic E-state index is 14.2. The fourth-order valence-electron chi connectivity index (χ4n) is 5.26. The molecule has 0 aromatic heterocycles. The van der Waals surface area contributed by atoms with E-state index in [-0.39, 0.29) is 44.2 Å². The number of nitrogens with one attached hydrogen (secondary N) is 1. The summed E-state index contributed by atoms with van der Waals surface area (Å²) in [6.07, 6.45) is 6.64. The lowest BCUT2D eigenvalue weighted by Crippen LogP contribution is -2.76. The van der Waals surface area contributed by atoms with Crippen molar-refractivity contribution in [2.75, 3.05) is 54.2 Å². The monoisotopic (exact) mass is 528 g/mol. The first-order chi connectivity index (χ1) is 17.6. The van der Waals surface area contributed by atoms with Crippen molar-refractivity contribution in [2.24, 2.45) is 5.92 Å². The van der Waals surface area contributed by atoms with Gasteiger partial charge in [0.25, 0.3) is 0 Å². The van der Waals surface area contributed by atoms with Crippen molar-refractivity contribution in [2.45, 2.75) is 91.6 Å². The van der Waals surface area contributed by atoms with E-state index in [9.17, 15) is 9.59 Å². The molecule has 2 unspecified atom stereocenters. The topological polar surface area (TPSA) is 92.8 Å². The zero-order chi connectivity index (χ0) is 28.1. The number of carbonyl (C=O) groups excluding carboxylic acids is 2. The molecule has 1 aliphatic rings. The Morgan fingerprint density at radius 3 is 2.19 bits per heavy atom. The molecule has 216 valence electrons. The summed E-state index contributed by atoms with van der Waals surface area (Å²) in [7, 11) is 3.18. The quantitative estimate of drug-likeness (QED) is 0.154. The Morgan fingerprint density at radius 1 is 1.03 bits per heavy atom. The summed E-state index contributed by atoms with van der Waals surface area (Å²) >= 11 is 0. The second-order valence-electron chi connectivity index (χ2n) is 10.2. The van der Waals surface area contributed by atoms with Crippen LogP contribution in [-0.2, 0) is 23.7 Å². The summed E-state index contributed by atoms with van der Waals surface area (Å²) < 4.78 is 22.6. The Balaban J connectivity index is 3.62. The Morgan fingerprint density at radius 2 is 1.68 bits per heavy atom. The molecule has 1 rings (SSSR count). The minimum atomic E-state index is -1.01. The van der Waals surface area contributed by atoms with Crippen LogP contribution in [0.1, 0.15) is 74.1 Å². The zero-order valence-electron chi connectivity index (χ0n) is 24.7. The van der Waals surface area contributed by atoms with Crippen LogP contribution in [0.4, 0.5) is 4.79 Å². The Bertz CT molecular complexity index is 719. The number of amides is 3. The van der Waals surface area contributed by atoms with Crippen LogP contribution in [0, 0.1) is 5.92 Å². The molecule has 0 radical (unpaired) electrons. The van der Waals surface area contributed by atoms with E-state index in [1.807, 2.05) is 30.9 Å². The van der Waals surface area contributed by atoms with Crippen molar-refractivity contribution >= 4 is 11.9 Å². The van der Waals surface area contributed by atoms with Crippen LogP contribution >= 0.6 is 0 Å². The fourth-order valence-corrected chi connectivity index (χ4v) is 5.26. The Kier molecular flexibility index (Phi) is 14.7. The lowest BCUT2D eigenvalue weighted by atomic mass is 9.82. The van der Waals surface area contributed by atoms with Gasteiger partial charge in [-0.2, -0.15) is 0 Å². The SMILES string of the molecule is CCCC1(NCOC)N(COCC=CCOC(C)C)C(=O)N(CC(C)C)C1(CCC)N(COC)C(C)=O. The summed E-state index contributed by atoms with van der Waals surface area (Å²) in [6.45, 7) is 15.4. The van der Waals surface area contributed by atoms with Crippen LogP contribution < -0.4 is 5.32 Å². The van der Waals surface area contributed by atoms with E-state index in [0.29, 0.717) is 32.6 Å². The summed E-state index contributed by atoms with van der Waals surface area (Å²) in [5.74, 6) is 0.0236. The van der Waals surface area contributed by atoms with Crippen LogP contribution in [0.2, 0.25) is 0 Å². The first-order valence-corrected chi connectivity index (χ1v) is 13.5. The second kappa shape index (κ2) is 16.3. The number of nitrogens with zero attached hydrogens (tertiary/aromatic N) is 3. The van der Waals surface area contributed by atoms with Crippen molar-refractivity contribution in [1.82, 2.24) is 20.0 Å². The first-order valence-electron chi connectivity index (χ1n) is 13.5. The van der Waals surface area contributed by atoms with Gasteiger partial charge in [0, 0.05) is 27.7 Å². The van der Waals surface area contributed by atoms with E-state index in [1.54, 1.807) is 24.0 Å². The van der Waals surface area contributed by atoms with E-state index in [2.05, 4.69) is 33.0 Å². The third-order valence-corrected chi connectivity index (χ3v) is 6.51. The van der Waals surface area contributed by atoms with Crippen molar-refractivity contribution in [3.05, 3.63) is 12.2 Å². The maximum Gasteiger partial charge on any atom is 0.325 e. The fraction of sp³-hybridized carbons (Fsp3) is 0.852. The molecular formula is C27H52N4O6. The summed E-state index contributed by atoms with van der Waals surface area (Å²) in [5.41, 5.74) is -1.97. The molecule has 1 heterocycles. The molecule has 2 atom stereocenters. The van der Waals surface area contributed by atoms with Gasteiger partial charge in [-0.25, -0.2) is 4.79 Å². The van der Waals surface area contributed by atoms with Gasteiger partial charge in [-0.05, 0) is 32.6 Å². The van der Waals surface area contributed by atoms with Crippen molar-refractivity contribution in [1.29, 1.82) is 0 Å². The molecule has 0 aromatic rings. The minimum Gasteiger partial charge on any atom is -0.375 e. The molecule has 0 bridgehead atoms. The lowest BCUT2D eigenvalue weighted by Gasteiger charge is -2.55. The number of urea groups is 1. The number of hydrogen-bond acceptors (Lipinski definition) is 7. The van der Waals surface area contributed by atoms with Crippen LogP contribution in [0.3, 0.4) is 0 Å². The van der Waals surface area contributed by atoms with E-state index in [4.69, 9.17) is 18.9 Å². The van der Waals surface area contributed by atoms with E-state index in [0.717, 1.165) is 12.8 Å². The highest BCUT2D eigenvalue weighted by molar-refractivity contribution is 5.83. The summed E-state index contributed by atoms with van der Waals surface area (Å²) in [5, 5.41) is 3.55. The normalized spacial score (nSPS) is 22.3. The lowest BCUT2D eigenvalue weighted by molar-refractivity contribution is -0.177. The number of rotatable bonds is 19. The smallest absolute Gasteiger partial charge is 0.325 e. The highest BCUT2D eigenvalue weighted by Crippen LogP contribution is 2.48. The molecular weight excluding hydrogens is 476 g/mol. The molecule has 1 saturated heterocycles. The third-order valence-electron chi connectivity index (χ3n) is 6.51. The molecule has 10 nitrogen and oxygen atoms in total. The molecule has 10 heteroatoms. The van der Waals surface area contributed by atoms with Crippen molar-refractivity contribution in [3.63, 3.8) is 0 Å². The largest absolute Gasteiger partial charge is 0.375 e. The molecule has 3 amide bonds. The Hall–Kier alpha value is -1.72. The van der Waals surface area contributed by atoms with Gasteiger partial charge in [0.2, 0.25) is 5.91 Å². The minimum absolute atomic E-state index is 0.0592. The van der Waals surface area contributed by atoms with Crippen LogP contribution in [0.25, 0.3) is 0 Å². The van der Waals surface area contributed by atoms with Gasteiger partial charge in [-0.3, -0.25) is 24.8 Å². The van der Waals surface area contributed by atoms with Gasteiger partial charge >= 0.3 is 6.03 Å². The average molecular weight is 529 g/mol. The van der Waals surface area contributed by atoms with E-state index in [1.165, 1.54) is 6.92 Å². The molecule has 1 fully saturated rings. The molecule has 37 heavy (non-hydrogen) atoms. The van der Waals surface area contributed by atoms with Crippen LogP contribution in [-0.4, -0.2) is 98.2 Å². The summed E-state index contributed by atoms with van der Waals surface area (Å²) in [6, 6.07) is -0.173. The third kappa shape index (κ3) is 7.89. The summed E-state index contributed by atoms with van der Waals surface area (Å²) in [4.78, 5) is 32.7. The predicted molar refractivity (Wildman–Crippen MR) is 145 cm³/mol.